The van der Waals surface area contributed by atoms with Crippen LogP contribution in [0.2, 0.25) is 0 Å². The molecule has 3 atom stereocenters. The van der Waals surface area contributed by atoms with E-state index in [1.165, 1.54) is 6.42 Å². The Morgan fingerprint density at radius 2 is 1.94 bits per heavy atom. The van der Waals surface area contributed by atoms with Gasteiger partial charge in [0.2, 0.25) is 0 Å². The van der Waals surface area contributed by atoms with Gasteiger partial charge in [-0.2, -0.15) is 0 Å². The van der Waals surface area contributed by atoms with Crippen LogP contribution in [0.1, 0.15) is 46.5 Å². The zero-order valence-electron chi connectivity index (χ0n) is 11.0. The second-order valence-corrected chi connectivity index (χ2v) is 6.57. The van der Waals surface area contributed by atoms with Gasteiger partial charge in [-0.15, -0.1) is 0 Å². The van der Waals surface area contributed by atoms with Crippen molar-refractivity contribution in [1.29, 1.82) is 0 Å². The SMILES string of the molecule is CC1(C)CCCC2(C)C(C=O)C(C=O)=CC[C@H]12. The molecule has 0 aromatic rings. The summed E-state index contributed by atoms with van der Waals surface area (Å²) in [4.78, 5) is 22.5. The molecule has 1 saturated carbocycles. The molecule has 0 saturated heterocycles. The predicted octanol–water partition coefficient (Wildman–Crippen LogP) is 3.16. The monoisotopic (exact) mass is 234 g/mol. The summed E-state index contributed by atoms with van der Waals surface area (Å²) >= 11 is 0. The Morgan fingerprint density at radius 1 is 1.24 bits per heavy atom. The van der Waals surface area contributed by atoms with Gasteiger partial charge in [0.25, 0.3) is 0 Å². The lowest BCUT2D eigenvalue weighted by atomic mass is 9.49. The Morgan fingerprint density at radius 3 is 2.53 bits per heavy atom. The fraction of sp³-hybridized carbons (Fsp3) is 0.733. The Kier molecular flexibility index (Phi) is 3.01. The number of allylic oxidation sites excluding steroid dienone is 2. The van der Waals surface area contributed by atoms with Gasteiger partial charge in [0.15, 0.2) is 0 Å². The van der Waals surface area contributed by atoms with Crippen LogP contribution in [-0.4, -0.2) is 12.6 Å². The molecule has 17 heavy (non-hydrogen) atoms. The Bertz CT molecular complexity index is 367. The molecular formula is C15H22O2. The number of hydrogen-bond acceptors (Lipinski definition) is 2. The summed E-state index contributed by atoms with van der Waals surface area (Å²) < 4.78 is 0. The van der Waals surface area contributed by atoms with Crippen LogP contribution in [0.4, 0.5) is 0 Å². The molecule has 2 aliphatic rings. The highest BCUT2D eigenvalue weighted by Gasteiger charge is 2.52. The molecule has 2 nitrogen and oxygen atoms in total. The van der Waals surface area contributed by atoms with E-state index in [1.54, 1.807) is 0 Å². The topological polar surface area (TPSA) is 34.1 Å². The van der Waals surface area contributed by atoms with Gasteiger partial charge in [-0.25, -0.2) is 0 Å². The minimum absolute atomic E-state index is 0.0194. The van der Waals surface area contributed by atoms with Crippen molar-refractivity contribution < 1.29 is 9.59 Å². The molecule has 94 valence electrons. The van der Waals surface area contributed by atoms with Gasteiger partial charge >= 0.3 is 0 Å². The molecule has 0 bridgehead atoms. The zero-order valence-corrected chi connectivity index (χ0v) is 11.0. The first-order valence-electron chi connectivity index (χ1n) is 6.56. The van der Waals surface area contributed by atoms with E-state index in [4.69, 9.17) is 0 Å². The Balaban J connectivity index is 2.45. The third-order valence-corrected chi connectivity index (χ3v) is 5.21. The summed E-state index contributed by atoms with van der Waals surface area (Å²) in [5, 5.41) is 0. The van der Waals surface area contributed by atoms with Crippen LogP contribution in [0.25, 0.3) is 0 Å². The van der Waals surface area contributed by atoms with Gasteiger partial charge < -0.3 is 4.79 Å². The molecule has 0 N–H and O–H groups in total. The molecule has 0 spiro atoms. The number of carbonyl (C=O) groups excluding carboxylic acids is 2. The van der Waals surface area contributed by atoms with Gasteiger partial charge in [0.1, 0.15) is 12.6 Å². The molecule has 0 amide bonds. The fourth-order valence-corrected chi connectivity index (χ4v) is 4.24. The van der Waals surface area contributed by atoms with E-state index in [0.29, 0.717) is 11.5 Å². The lowest BCUT2D eigenvalue weighted by Gasteiger charge is -2.55. The van der Waals surface area contributed by atoms with Crippen molar-refractivity contribution in [3.63, 3.8) is 0 Å². The summed E-state index contributed by atoms with van der Waals surface area (Å²) in [6.45, 7) is 6.81. The van der Waals surface area contributed by atoms with Crippen molar-refractivity contribution in [1.82, 2.24) is 0 Å². The molecule has 0 aliphatic heterocycles. The maximum absolute atomic E-state index is 11.4. The second kappa shape index (κ2) is 4.08. The average molecular weight is 234 g/mol. The quantitative estimate of drug-likeness (QED) is 0.688. The largest absolute Gasteiger partial charge is 0.303 e. The summed E-state index contributed by atoms with van der Waals surface area (Å²) in [6.07, 6.45) is 8.26. The molecule has 2 unspecified atom stereocenters. The molecule has 0 heterocycles. The Labute approximate surface area is 103 Å². The van der Waals surface area contributed by atoms with Crippen molar-refractivity contribution in [2.24, 2.45) is 22.7 Å². The van der Waals surface area contributed by atoms with Crippen LogP contribution in [0.15, 0.2) is 11.6 Å². The molecule has 2 heteroatoms. The molecule has 2 aliphatic carbocycles. The smallest absolute Gasteiger partial charge is 0.146 e. The first-order chi connectivity index (χ1) is 7.95. The van der Waals surface area contributed by atoms with E-state index in [1.807, 2.05) is 6.08 Å². The van der Waals surface area contributed by atoms with Gasteiger partial charge in [-0.3, -0.25) is 4.79 Å². The van der Waals surface area contributed by atoms with Crippen LogP contribution in [0, 0.1) is 22.7 Å². The second-order valence-electron chi connectivity index (χ2n) is 6.57. The molecule has 0 radical (unpaired) electrons. The molecule has 1 fully saturated rings. The maximum Gasteiger partial charge on any atom is 0.146 e. The number of fused-ring (bicyclic) bond motifs is 1. The van der Waals surface area contributed by atoms with Crippen molar-refractivity contribution in [3.05, 3.63) is 11.6 Å². The highest BCUT2D eigenvalue weighted by molar-refractivity contribution is 5.82. The standard InChI is InChI=1S/C15H22O2/c1-14(2)7-4-8-15(3)12(10-17)11(9-16)5-6-13(14)15/h5,9-10,12-13H,4,6-8H2,1-3H3/t12?,13-,15?/m1/s1. The maximum atomic E-state index is 11.4. The van der Waals surface area contributed by atoms with Crippen LogP contribution < -0.4 is 0 Å². The highest BCUT2D eigenvalue weighted by atomic mass is 16.1. The normalized spacial score (nSPS) is 40.1. The van der Waals surface area contributed by atoms with Gasteiger partial charge in [-0.05, 0) is 41.6 Å². The van der Waals surface area contributed by atoms with Crippen molar-refractivity contribution in [2.75, 3.05) is 0 Å². The minimum Gasteiger partial charge on any atom is -0.303 e. The average Bonchev–Trinajstić information content (AvgIpc) is 2.26. The first-order valence-corrected chi connectivity index (χ1v) is 6.56. The molecule has 0 aromatic heterocycles. The van der Waals surface area contributed by atoms with E-state index in [0.717, 1.165) is 31.8 Å². The lowest BCUT2D eigenvalue weighted by molar-refractivity contribution is -0.122. The lowest BCUT2D eigenvalue weighted by Crippen LogP contribution is -2.49. The number of rotatable bonds is 2. The number of carbonyl (C=O) groups is 2. The molecule has 0 aromatic carbocycles. The van der Waals surface area contributed by atoms with E-state index in [-0.39, 0.29) is 16.7 Å². The van der Waals surface area contributed by atoms with E-state index >= 15 is 0 Å². The van der Waals surface area contributed by atoms with Crippen molar-refractivity contribution >= 4 is 12.6 Å². The third kappa shape index (κ3) is 1.78. The first kappa shape index (κ1) is 12.5. The van der Waals surface area contributed by atoms with Gasteiger partial charge in [-0.1, -0.05) is 33.3 Å². The van der Waals surface area contributed by atoms with E-state index in [9.17, 15) is 9.59 Å². The van der Waals surface area contributed by atoms with E-state index < -0.39 is 0 Å². The van der Waals surface area contributed by atoms with Crippen LogP contribution in [0.5, 0.6) is 0 Å². The fourth-order valence-electron chi connectivity index (χ4n) is 4.24. The van der Waals surface area contributed by atoms with Crippen molar-refractivity contribution in [2.45, 2.75) is 46.5 Å². The molecular weight excluding hydrogens is 212 g/mol. The van der Waals surface area contributed by atoms with E-state index in [2.05, 4.69) is 20.8 Å². The zero-order chi connectivity index (χ0) is 12.7. The minimum atomic E-state index is -0.196. The summed E-state index contributed by atoms with van der Waals surface area (Å²) in [5.74, 6) is 0.320. The third-order valence-electron chi connectivity index (χ3n) is 5.21. The van der Waals surface area contributed by atoms with Crippen LogP contribution >= 0.6 is 0 Å². The summed E-state index contributed by atoms with van der Waals surface area (Å²) in [5.41, 5.74) is 0.963. The van der Waals surface area contributed by atoms with Crippen LogP contribution in [-0.2, 0) is 9.59 Å². The van der Waals surface area contributed by atoms with Gasteiger partial charge in [0.05, 0.1) is 0 Å². The highest BCUT2D eigenvalue weighted by Crippen LogP contribution is 2.58. The van der Waals surface area contributed by atoms with Crippen molar-refractivity contribution in [3.8, 4) is 0 Å². The summed E-state index contributed by atoms with van der Waals surface area (Å²) in [6, 6.07) is 0. The number of hydrogen-bond donors (Lipinski definition) is 0. The van der Waals surface area contributed by atoms with Gasteiger partial charge in [0, 0.05) is 5.92 Å². The Hall–Kier alpha value is -0.920. The molecule has 2 rings (SSSR count). The summed E-state index contributed by atoms with van der Waals surface area (Å²) in [7, 11) is 0. The number of aldehydes is 2. The predicted molar refractivity (Wildman–Crippen MR) is 67.5 cm³/mol. The van der Waals surface area contributed by atoms with Crippen LogP contribution in [0.3, 0.4) is 0 Å².